The van der Waals surface area contributed by atoms with Crippen LogP contribution in [0.4, 0.5) is 0 Å². The van der Waals surface area contributed by atoms with Gasteiger partial charge in [0.15, 0.2) is 0 Å². The highest BCUT2D eigenvalue weighted by molar-refractivity contribution is 5.74. The van der Waals surface area contributed by atoms with Gasteiger partial charge in [-0.25, -0.2) is 0 Å². The van der Waals surface area contributed by atoms with E-state index >= 15 is 0 Å². The van der Waals surface area contributed by atoms with Crippen LogP contribution in [0.2, 0.25) is 0 Å². The number of ether oxygens (including phenoxy) is 1. The number of nitrogens with zero attached hydrogens (tertiary/aromatic N) is 1. The van der Waals surface area contributed by atoms with E-state index in [1.54, 1.807) is 4.90 Å². The van der Waals surface area contributed by atoms with Crippen LogP contribution in [-0.2, 0) is 9.53 Å². The number of aliphatic hydroxyl groups excluding tert-OH is 4. The second-order valence-corrected chi connectivity index (χ2v) is 5.52. The summed E-state index contributed by atoms with van der Waals surface area (Å²) in [6, 6.07) is 0.00576. The monoisotopic (exact) mass is 290 g/mol. The molecule has 8 heteroatoms. The molecule has 0 radical (unpaired) electrons. The lowest BCUT2D eigenvalue weighted by atomic mass is 9.81. The summed E-state index contributed by atoms with van der Waals surface area (Å²) < 4.78 is 5.52. The van der Waals surface area contributed by atoms with Crippen LogP contribution in [-0.4, -0.2) is 94.0 Å². The Balaban J connectivity index is 1.74. The van der Waals surface area contributed by atoms with Gasteiger partial charge < -0.3 is 35.4 Å². The van der Waals surface area contributed by atoms with Crippen LogP contribution in [0.15, 0.2) is 0 Å². The molecular formula is C12H22N2O6. The fourth-order valence-corrected chi connectivity index (χ4v) is 2.53. The molecule has 2 saturated heterocycles. The minimum atomic E-state index is -1.40. The van der Waals surface area contributed by atoms with Gasteiger partial charge in [0, 0.05) is 13.5 Å². The molecule has 5 N–H and O–H groups in total. The van der Waals surface area contributed by atoms with Crippen molar-refractivity contribution in [1.82, 2.24) is 10.2 Å². The van der Waals surface area contributed by atoms with Crippen molar-refractivity contribution < 1.29 is 30.0 Å². The van der Waals surface area contributed by atoms with E-state index in [0.29, 0.717) is 19.7 Å². The third-order valence-electron chi connectivity index (χ3n) is 4.08. The maximum absolute atomic E-state index is 11.1. The Hall–Kier alpha value is -0.770. The van der Waals surface area contributed by atoms with Crippen molar-refractivity contribution >= 4 is 5.91 Å². The van der Waals surface area contributed by atoms with E-state index in [1.807, 2.05) is 0 Å². The van der Waals surface area contributed by atoms with Crippen molar-refractivity contribution in [2.24, 2.45) is 0 Å². The maximum Gasteiger partial charge on any atom is 0.219 e. The second kappa shape index (κ2) is 5.92. The van der Waals surface area contributed by atoms with Gasteiger partial charge in [-0.2, -0.15) is 0 Å². The normalized spacial score (nSPS) is 28.4. The molecule has 0 saturated carbocycles. The summed E-state index contributed by atoms with van der Waals surface area (Å²) >= 11 is 0. The maximum atomic E-state index is 11.1. The van der Waals surface area contributed by atoms with E-state index in [4.69, 9.17) is 9.84 Å². The van der Waals surface area contributed by atoms with E-state index < -0.39 is 24.9 Å². The zero-order valence-corrected chi connectivity index (χ0v) is 11.4. The molecule has 0 aliphatic carbocycles. The average molecular weight is 290 g/mol. The van der Waals surface area contributed by atoms with Gasteiger partial charge in [0.05, 0.1) is 38.4 Å². The van der Waals surface area contributed by atoms with Gasteiger partial charge in [-0.1, -0.05) is 0 Å². The van der Waals surface area contributed by atoms with Crippen LogP contribution < -0.4 is 5.32 Å². The Kier molecular flexibility index (Phi) is 4.62. The molecule has 0 aromatic carbocycles. The molecule has 4 atom stereocenters. The molecule has 8 nitrogen and oxygen atoms in total. The predicted octanol–water partition coefficient (Wildman–Crippen LogP) is -3.35. The largest absolute Gasteiger partial charge is 0.394 e. The summed E-state index contributed by atoms with van der Waals surface area (Å²) in [5.74, 6) is 0.00593. The van der Waals surface area contributed by atoms with E-state index in [0.717, 1.165) is 0 Å². The van der Waals surface area contributed by atoms with Crippen molar-refractivity contribution in [2.45, 2.75) is 36.9 Å². The number of carbonyl (C=O) groups is 1. The summed E-state index contributed by atoms with van der Waals surface area (Å²) in [7, 11) is 0. The first kappa shape index (κ1) is 15.6. The van der Waals surface area contributed by atoms with E-state index in [1.165, 1.54) is 6.92 Å². The molecular weight excluding hydrogens is 268 g/mol. The fraction of sp³-hybridized carbons (Fsp3) is 0.917. The van der Waals surface area contributed by atoms with Gasteiger partial charge >= 0.3 is 0 Å². The molecule has 2 rings (SSSR count). The molecule has 0 aromatic rings. The number of aliphatic hydroxyl groups is 4. The summed E-state index contributed by atoms with van der Waals surface area (Å²) in [6.45, 7) is 2.51. The van der Waals surface area contributed by atoms with Gasteiger partial charge in [-0.05, 0) is 0 Å². The average Bonchev–Trinajstić information content (AvgIpc) is 2.33. The molecule has 116 valence electrons. The highest BCUT2D eigenvalue weighted by Crippen LogP contribution is 2.36. The first-order valence-corrected chi connectivity index (χ1v) is 6.67. The smallest absolute Gasteiger partial charge is 0.219 e. The quantitative estimate of drug-likeness (QED) is 0.346. The molecule has 2 heterocycles. The molecule has 2 aliphatic heterocycles. The van der Waals surface area contributed by atoms with E-state index in [9.17, 15) is 20.1 Å². The van der Waals surface area contributed by atoms with Gasteiger partial charge in [-0.3, -0.25) is 4.79 Å². The minimum Gasteiger partial charge on any atom is -0.394 e. The molecule has 2 fully saturated rings. The topological polar surface area (TPSA) is 122 Å². The zero-order chi connectivity index (χ0) is 14.9. The van der Waals surface area contributed by atoms with E-state index in [-0.39, 0.29) is 24.1 Å². The second-order valence-electron chi connectivity index (χ2n) is 5.52. The minimum absolute atomic E-state index is 0.00576. The van der Waals surface area contributed by atoms with Crippen LogP contribution in [0.1, 0.15) is 6.92 Å². The highest BCUT2D eigenvalue weighted by atomic mass is 16.5. The van der Waals surface area contributed by atoms with Crippen molar-refractivity contribution in [3.05, 3.63) is 0 Å². The van der Waals surface area contributed by atoms with Gasteiger partial charge in [0.2, 0.25) is 5.91 Å². The molecule has 1 spiro atoms. The van der Waals surface area contributed by atoms with Crippen LogP contribution in [0.5, 0.6) is 0 Å². The van der Waals surface area contributed by atoms with Gasteiger partial charge in [0.25, 0.3) is 0 Å². The third kappa shape index (κ3) is 2.80. The lowest BCUT2D eigenvalue weighted by molar-refractivity contribution is -0.242. The molecule has 2 aliphatic rings. The van der Waals surface area contributed by atoms with Crippen molar-refractivity contribution in [2.75, 3.05) is 32.8 Å². The number of hydrogen-bond donors (Lipinski definition) is 5. The Bertz CT molecular complexity index is 360. The Morgan fingerprint density at radius 2 is 2.05 bits per heavy atom. The van der Waals surface area contributed by atoms with Gasteiger partial charge in [-0.15, -0.1) is 0 Å². The van der Waals surface area contributed by atoms with Crippen LogP contribution in [0.25, 0.3) is 0 Å². The first-order valence-electron chi connectivity index (χ1n) is 6.67. The molecule has 0 aromatic heterocycles. The summed E-state index contributed by atoms with van der Waals surface area (Å²) in [4.78, 5) is 12.8. The number of amides is 1. The highest BCUT2D eigenvalue weighted by Gasteiger charge is 2.57. The predicted molar refractivity (Wildman–Crippen MR) is 67.8 cm³/mol. The molecule has 20 heavy (non-hydrogen) atoms. The first-order chi connectivity index (χ1) is 9.39. The fourth-order valence-electron chi connectivity index (χ4n) is 2.53. The number of likely N-dealkylation sites (tertiary alicyclic amines) is 1. The van der Waals surface area contributed by atoms with Crippen LogP contribution in [0.3, 0.4) is 0 Å². The summed E-state index contributed by atoms with van der Waals surface area (Å²) in [5.41, 5.74) is -0.383. The lowest BCUT2D eigenvalue weighted by Gasteiger charge is -2.59. The van der Waals surface area contributed by atoms with Crippen LogP contribution in [0, 0.1) is 0 Å². The number of hydrogen-bond acceptors (Lipinski definition) is 7. The van der Waals surface area contributed by atoms with Crippen molar-refractivity contribution in [3.63, 3.8) is 0 Å². The summed E-state index contributed by atoms with van der Waals surface area (Å²) in [6.07, 6.45) is -3.95. The molecule has 1 unspecified atom stereocenters. The summed E-state index contributed by atoms with van der Waals surface area (Å²) in [5, 5.41) is 40.2. The van der Waals surface area contributed by atoms with Crippen LogP contribution >= 0.6 is 0 Å². The molecule has 0 bridgehead atoms. The Labute approximate surface area is 117 Å². The number of nitrogens with one attached hydrogen (secondary N) is 1. The third-order valence-corrected chi connectivity index (χ3v) is 4.08. The standard InChI is InChI=1S/C12H22N2O6/c1-7(16)14-5-12(6-14)10(4-20-12)13-2-8(17)11(19)9(18)3-15/h8-11,13,15,17-19H,2-6H2,1H3/t8-,9+,10?,11-/m0/s1. The Morgan fingerprint density at radius 1 is 1.40 bits per heavy atom. The lowest BCUT2D eigenvalue weighted by Crippen LogP contribution is -2.80. The SMILES string of the molecule is CC(=O)N1CC2(C1)OCC2NC[C@H](O)[C@H](O)[C@H](O)CO. The number of carbonyl (C=O) groups excluding carboxylic acids is 1. The van der Waals surface area contributed by atoms with Crippen molar-refractivity contribution in [3.8, 4) is 0 Å². The number of rotatable bonds is 6. The Morgan fingerprint density at radius 3 is 2.50 bits per heavy atom. The van der Waals surface area contributed by atoms with Crippen molar-refractivity contribution in [1.29, 1.82) is 0 Å². The van der Waals surface area contributed by atoms with Gasteiger partial charge in [0.1, 0.15) is 17.8 Å². The van der Waals surface area contributed by atoms with E-state index in [2.05, 4.69) is 5.32 Å². The molecule has 1 amide bonds. The zero-order valence-electron chi connectivity index (χ0n) is 11.4.